The lowest BCUT2D eigenvalue weighted by atomic mass is 9.73. The average molecular weight is 397 g/mol. The zero-order valence-corrected chi connectivity index (χ0v) is 18.5. The van der Waals surface area contributed by atoms with Gasteiger partial charge in [0.1, 0.15) is 13.8 Å². The number of hydrogen-bond acceptors (Lipinski definition) is 4. The Hall–Kier alpha value is -1.69. The molecule has 0 radical (unpaired) electrons. The van der Waals surface area contributed by atoms with E-state index < -0.39 is 14.2 Å². The van der Waals surface area contributed by atoms with Crippen LogP contribution < -0.4 is 10.1 Å². The number of aromatic nitrogens is 1. The number of methoxy groups -OCH3 is 1. The SMILES string of the molecule is C=C[C@H]1CN2CC[C@H]1C[C@@H]2[C@@H](O)c1cc([Si](C)(C)C)nc2ccc(OC)cc12. The summed E-state index contributed by atoms with van der Waals surface area (Å²) in [6, 6.07) is 8.35. The van der Waals surface area contributed by atoms with Crippen molar-refractivity contribution in [2.75, 3.05) is 20.2 Å². The molecule has 28 heavy (non-hydrogen) atoms. The third-order valence-electron chi connectivity index (χ3n) is 6.65. The van der Waals surface area contributed by atoms with Crippen molar-refractivity contribution in [3.63, 3.8) is 0 Å². The fourth-order valence-corrected chi connectivity index (χ4v) is 5.94. The van der Waals surface area contributed by atoms with Gasteiger partial charge in [-0.2, -0.15) is 0 Å². The minimum atomic E-state index is -1.61. The van der Waals surface area contributed by atoms with Gasteiger partial charge in [-0.1, -0.05) is 25.7 Å². The van der Waals surface area contributed by atoms with Gasteiger partial charge in [0.2, 0.25) is 0 Å². The summed E-state index contributed by atoms with van der Waals surface area (Å²) in [7, 11) is 0.0701. The number of rotatable bonds is 5. The molecule has 5 heteroatoms. The Labute approximate surface area is 169 Å². The van der Waals surface area contributed by atoms with Gasteiger partial charge in [0.05, 0.1) is 18.7 Å². The van der Waals surface area contributed by atoms with Crippen LogP contribution in [0.3, 0.4) is 0 Å². The summed E-state index contributed by atoms with van der Waals surface area (Å²) in [6.45, 7) is 13.0. The van der Waals surface area contributed by atoms with E-state index in [1.165, 1.54) is 6.42 Å². The first kappa shape index (κ1) is 19.6. The highest BCUT2D eigenvalue weighted by Gasteiger charge is 2.42. The normalized spacial score (nSPS) is 28.3. The molecule has 3 fully saturated rings. The third-order valence-corrected chi connectivity index (χ3v) is 8.45. The van der Waals surface area contributed by atoms with E-state index in [4.69, 9.17) is 9.72 Å². The van der Waals surface area contributed by atoms with Gasteiger partial charge in [-0.05, 0) is 61.1 Å². The van der Waals surface area contributed by atoms with Gasteiger partial charge in [0, 0.05) is 23.3 Å². The zero-order chi connectivity index (χ0) is 20.1. The summed E-state index contributed by atoms with van der Waals surface area (Å²) in [6.07, 6.45) is 3.84. The van der Waals surface area contributed by atoms with Gasteiger partial charge < -0.3 is 9.84 Å². The van der Waals surface area contributed by atoms with E-state index in [2.05, 4.69) is 43.3 Å². The smallest absolute Gasteiger partial charge is 0.119 e. The Morgan fingerprint density at radius 1 is 1.32 bits per heavy atom. The maximum absolute atomic E-state index is 11.6. The number of nitrogens with zero attached hydrogens (tertiary/aromatic N) is 2. The van der Waals surface area contributed by atoms with Gasteiger partial charge in [-0.15, -0.1) is 6.58 Å². The molecule has 2 bridgehead atoms. The number of benzene rings is 1. The molecule has 1 aromatic carbocycles. The van der Waals surface area contributed by atoms with E-state index >= 15 is 0 Å². The lowest BCUT2D eigenvalue weighted by Crippen LogP contribution is -2.55. The molecule has 1 N–H and O–H groups in total. The molecule has 0 aliphatic carbocycles. The second-order valence-corrected chi connectivity index (χ2v) is 14.4. The zero-order valence-electron chi connectivity index (χ0n) is 17.5. The first-order valence-electron chi connectivity index (χ1n) is 10.4. The highest BCUT2D eigenvalue weighted by atomic mass is 28.3. The standard InChI is InChI=1S/C23H32N2O2Si/c1-6-15-14-25-10-9-16(15)11-21(25)23(26)19-13-22(28(3,4)5)24-20-8-7-17(27-2)12-18(19)20/h6-8,12-13,15-16,21,23,26H,1,9-11,14H2,2-5H3/t15-,16-,21+,23-/m0/s1. The predicted octanol–water partition coefficient (Wildman–Crippen LogP) is 3.72. The largest absolute Gasteiger partial charge is 0.497 e. The first-order chi connectivity index (χ1) is 13.3. The third kappa shape index (κ3) is 3.40. The van der Waals surface area contributed by atoms with Crippen LogP contribution in [-0.4, -0.2) is 49.3 Å². The van der Waals surface area contributed by atoms with Crippen molar-refractivity contribution in [3.8, 4) is 5.75 Å². The average Bonchev–Trinajstić information content (AvgIpc) is 2.71. The summed E-state index contributed by atoms with van der Waals surface area (Å²) < 4.78 is 5.46. The van der Waals surface area contributed by atoms with Crippen molar-refractivity contribution < 1.29 is 9.84 Å². The summed E-state index contributed by atoms with van der Waals surface area (Å²) in [4.78, 5) is 7.42. The number of fused-ring (bicyclic) bond motifs is 4. The van der Waals surface area contributed by atoms with Crippen LogP contribution in [0.1, 0.15) is 24.5 Å². The molecule has 3 saturated heterocycles. The van der Waals surface area contributed by atoms with Crippen molar-refractivity contribution in [2.45, 2.75) is 44.6 Å². The molecule has 3 aliphatic rings. The van der Waals surface area contributed by atoms with Gasteiger partial charge >= 0.3 is 0 Å². The summed E-state index contributed by atoms with van der Waals surface area (Å²) in [5.41, 5.74) is 1.96. The van der Waals surface area contributed by atoms with Crippen LogP contribution in [-0.2, 0) is 0 Å². The molecule has 5 rings (SSSR count). The summed E-state index contributed by atoms with van der Waals surface area (Å²) in [5, 5.41) is 13.7. The maximum Gasteiger partial charge on any atom is 0.119 e. The number of hydrogen-bond donors (Lipinski definition) is 1. The Bertz CT molecular complexity index is 892. The molecule has 4 heterocycles. The van der Waals surface area contributed by atoms with Crippen molar-refractivity contribution >= 4 is 24.3 Å². The van der Waals surface area contributed by atoms with E-state index in [0.717, 1.165) is 47.0 Å². The Morgan fingerprint density at radius 3 is 2.71 bits per heavy atom. The Kier molecular flexibility index (Phi) is 5.10. The molecule has 150 valence electrons. The fourth-order valence-electron chi connectivity index (χ4n) is 4.90. The van der Waals surface area contributed by atoms with Gasteiger partial charge in [-0.3, -0.25) is 9.88 Å². The first-order valence-corrected chi connectivity index (χ1v) is 13.9. The molecule has 1 unspecified atom stereocenters. The fraction of sp³-hybridized carbons (Fsp3) is 0.522. The Morgan fingerprint density at radius 2 is 2.11 bits per heavy atom. The highest BCUT2D eigenvalue weighted by molar-refractivity contribution is 6.88. The molecule has 0 amide bonds. The Balaban J connectivity index is 1.79. The molecule has 0 spiro atoms. The lowest BCUT2D eigenvalue weighted by molar-refractivity contribution is -0.0444. The van der Waals surface area contributed by atoms with E-state index in [0.29, 0.717) is 11.8 Å². The van der Waals surface area contributed by atoms with Gasteiger partial charge in [0.15, 0.2) is 0 Å². The van der Waals surface area contributed by atoms with Crippen LogP contribution in [0, 0.1) is 11.8 Å². The number of pyridine rings is 1. The minimum Gasteiger partial charge on any atom is -0.497 e. The van der Waals surface area contributed by atoms with Crippen LogP contribution >= 0.6 is 0 Å². The number of piperidine rings is 3. The minimum absolute atomic E-state index is 0.168. The second-order valence-electron chi connectivity index (χ2n) is 9.42. The van der Waals surface area contributed by atoms with Gasteiger partial charge in [0.25, 0.3) is 0 Å². The lowest BCUT2D eigenvalue weighted by Gasteiger charge is -2.50. The van der Waals surface area contributed by atoms with Crippen LogP contribution in [0.5, 0.6) is 5.75 Å². The molecule has 1 aromatic heterocycles. The number of aliphatic hydroxyl groups is 1. The van der Waals surface area contributed by atoms with Crippen LogP contribution in [0.2, 0.25) is 19.6 Å². The highest BCUT2D eigenvalue weighted by Crippen LogP contribution is 2.42. The van der Waals surface area contributed by atoms with Crippen molar-refractivity contribution in [2.24, 2.45) is 11.8 Å². The van der Waals surface area contributed by atoms with Crippen molar-refractivity contribution in [1.82, 2.24) is 9.88 Å². The number of ether oxygens (including phenoxy) is 1. The van der Waals surface area contributed by atoms with Crippen LogP contribution in [0.15, 0.2) is 36.9 Å². The molecule has 0 saturated carbocycles. The molecule has 3 aliphatic heterocycles. The molecule has 4 nitrogen and oxygen atoms in total. The van der Waals surface area contributed by atoms with E-state index in [9.17, 15) is 5.11 Å². The van der Waals surface area contributed by atoms with E-state index in [1.54, 1.807) is 7.11 Å². The van der Waals surface area contributed by atoms with Crippen LogP contribution in [0.4, 0.5) is 0 Å². The quantitative estimate of drug-likeness (QED) is 0.618. The number of aliphatic hydroxyl groups excluding tert-OH is 1. The predicted molar refractivity (Wildman–Crippen MR) is 118 cm³/mol. The van der Waals surface area contributed by atoms with Crippen molar-refractivity contribution in [3.05, 3.63) is 42.5 Å². The maximum atomic E-state index is 11.6. The van der Waals surface area contributed by atoms with E-state index in [-0.39, 0.29) is 6.04 Å². The molecular weight excluding hydrogens is 364 g/mol. The molecular formula is C23H32N2O2Si. The second kappa shape index (κ2) is 7.28. The summed E-state index contributed by atoms with van der Waals surface area (Å²) >= 11 is 0. The molecule has 2 aromatic rings. The monoisotopic (exact) mass is 396 g/mol. The topological polar surface area (TPSA) is 45.6 Å². The van der Waals surface area contributed by atoms with Gasteiger partial charge in [-0.25, -0.2) is 0 Å². The summed E-state index contributed by atoms with van der Waals surface area (Å²) in [5.74, 6) is 2.01. The van der Waals surface area contributed by atoms with Crippen LogP contribution in [0.25, 0.3) is 10.9 Å². The van der Waals surface area contributed by atoms with Crippen molar-refractivity contribution in [1.29, 1.82) is 0 Å². The van der Waals surface area contributed by atoms with E-state index in [1.807, 2.05) is 18.2 Å². The molecule has 5 atom stereocenters.